The maximum Gasteiger partial charge on any atom is 0.174 e. The Hall–Kier alpha value is -1.35. The summed E-state index contributed by atoms with van der Waals surface area (Å²) in [6, 6.07) is 7.50. The molecule has 3 nitrogen and oxygen atoms in total. The van der Waals surface area contributed by atoms with Crippen molar-refractivity contribution in [1.29, 1.82) is 0 Å². The second-order valence-corrected chi connectivity index (χ2v) is 4.35. The van der Waals surface area contributed by atoms with Crippen molar-refractivity contribution < 1.29 is 9.53 Å². The molecule has 0 spiro atoms. The molecule has 92 valence electrons. The zero-order valence-corrected chi connectivity index (χ0v) is 10.5. The molecule has 0 fully saturated rings. The number of ketones is 1. The van der Waals surface area contributed by atoms with Crippen LogP contribution in [0, 0.1) is 5.92 Å². The highest BCUT2D eigenvalue weighted by Gasteiger charge is 2.29. The SMILES string of the molecule is CCN(CC)CC1COc2ccccc2C1=O. The Morgan fingerprint density at radius 3 is 2.71 bits per heavy atom. The first-order valence-corrected chi connectivity index (χ1v) is 6.24. The third-order valence-electron chi connectivity index (χ3n) is 3.34. The predicted octanol–water partition coefficient (Wildman–Crippen LogP) is 2.22. The molecule has 0 bridgehead atoms. The van der Waals surface area contributed by atoms with E-state index in [1.165, 1.54) is 0 Å². The zero-order chi connectivity index (χ0) is 12.3. The number of carbonyl (C=O) groups excluding carboxylic acids is 1. The Labute approximate surface area is 102 Å². The van der Waals surface area contributed by atoms with Crippen molar-refractivity contribution in [2.45, 2.75) is 13.8 Å². The number of para-hydroxylation sites is 1. The molecule has 3 heteroatoms. The summed E-state index contributed by atoms with van der Waals surface area (Å²) in [7, 11) is 0. The maximum absolute atomic E-state index is 12.3. The molecule has 0 N–H and O–H groups in total. The lowest BCUT2D eigenvalue weighted by Gasteiger charge is -2.28. The molecule has 1 atom stereocenters. The highest BCUT2D eigenvalue weighted by atomic mass is 16.5. The van der Waals surface area contributed by atoms with Crippen LogP contribution >= 0.6 is 0 Å². The average molecular weight is 233 g/mol. The molecule has 0 aliphatic carbocycles. The summed E-state index contributed by atoms with van der Waals surface area (Å²) >= 11 is 0. The van der Waals surface area contributed by atoms with Gasteiger partial charge < -0.3 is 9.64 Å². The van der Waals surface area contributed by atoms with Crippen molar-refractivity contribution in [2.24, 2.45) is 5.92 Å². The summed E-state index contributed by atoms with van der Waals surface area (Å²) in [5, 5.41) is 0. The highest BCUT2D eigenvalue weighted by Crippen LogP contribution is 2.27. The topological polar surface area (TPSA) is 29.5 Å². The van der Waals surface area contributed by atoms with E-state index in [0.717, 1.165) is 30.9 Å². The lowest BCUT2D eigenvalue weighted by Crippen LogP contribution is -2.38. The van der Waals surface area contributed by atoms with Crippen LogP contribution < -0.4 is 4.74 Å². The lowest BCUT2D eigenvalue weighted by molar-refractivity contribution is 0.0775. The van der Waals surface area contributed by atoms with Crippen molar-refractivity contribution >= 4 is 5.78 Å². The minimum atomic E-state index is -0.0233. The summed E-state index contributed by atoms with van der Waals surface area (Å²) in [5.74, 6) is 0.928. The van der Waals surface area contributed by atoms with Crippen LogP contribution in [0.25, 0.3) is 0 Å². The third kappa shape index (κ3) is 2.50. The molecule has 1 heterocycles. The van der Waals surface area contributed by atoms with Crippen LogP contribution in [0.4, 0.5) is 0 Å². The van der Waals surface area contributed by atoms with Crippen molar-refractivity contribution in [3.8, 4) is 5.75 Å². The van der Waals surface area contributed by atoms with Gasteiger partial charge in [0.25, 0.3) is 0 Å². The van der Waals surface area contributed by atoms with Gasteiger partial charge in [0.2, 0.25) is 0 Å². The molecule has 0 radical (unpaired) electrons. The van der Waals surface area contributed by atoms with Crippen LogP contribution in [-0.2, 0) is 0 Å². The Bertz CT molecular complexity index is 399. The van der Waals surface area contributed by atoms with Crippen LogP contribution in [0.5, 0.6) is 5.75 Å². The van der Waals surface area contributed by atoms with Gasteiger partial charge in [0.15, 0.2) is 5.78 Å². The summed E-state index contributed by atoms with van der Waals surface area (Å²) in [6.07, 6.45) is 0. The first-order chi connectivity index (χ1) is 8.26. The molecule has 0 saturated carbocycles. The molecule has 1 unspecified atom stereocenters. The number of fused-ring (bicyclic) bond motifs is 1. The van der Waals surface area contributed by atoms with Crippen LogP contribution in [0.15, 0.2) is 24.3 Å². The number of benzene rings is 1. The molecule has 2 rings (SSSR count). The summed E-state index contributed by atoms with van der Waals surface area (Å²) in [6.45, 7) is 7.48. The van der Waals surface area contributed by atoms with Crippen LogP contribution in [0.3, 0.4) is 0 Å². The molecule has 0 aromatic heterocycles. The van der Waals surface area contributed by atoms with Gasteiger partial charge in [-0.3, -0.25) is 4.79 Å². The van der Waals surface area contributed by atoms with E-state index in [9.17, 15) is 4.79 Å². The molecule has 1 aliphatic heterocycles. The van der Waals surface area contributed by atoms with Gasteiger partial charge in [0, 0.05) is 6.54 Å². The monoisotopic (exact) mass is 233 g/mol. The van der Waals surface area contributed by atoms with E-state index in [0.29, 0.717) is 6.61 Å². The van der Waals surface area contributed by atoms with Gasteiger partial charge in [-0.25, -0.2) is 0 Å². The number of hydrogen-bond acceptors (Lipinski definition) is 3. The smallest absolute Gasteiger partial charge is 0.174 e. The summed E-state index contributed by atoms with van der Waals surface area (Å²) in [4.78, 5) is 14.5. The first kappa shape index (κ1) is 12.1. The largest absolute Gasteiger partial charge is 0.492 e. The van der Waals surface area contributed by atoms with Gasteiger partial charge in [-0.1, -0.05) is 26.0 Å². The average Bonchev–Trinajstić information content (AvgIpc) is 2.38. The fourth-order valence-corrected chi connectivity index (χ4v) is 2.21. The van der Waals surface area contributed by atoms with Gasteiger partial charge in [-0.15, -0.1) is 0 Å². The second kappa shape index (κ2) is 5.32. The Morgan fingerprint density at radius 2 is 2.00 bits per heavy atom. The molecule has 17 heavy (non-hydrogen) atoms. The summed E-state index contributed by atoms with van der Waals surface area (Å²) < 4.78 is 5.65. The van der Waals surface area contributed by atoms with Crippen molar-refractivity contribution in [3.63, 3.8) is 0 Å². The van der Waals surface area contributed by atoms with Crippen molar-refractivity contribution in [2.75, 3.05) is 26.2 Å². The minimum absolute atomic E-state index is 0.0233. The Kier molecular flexibility index (Phi) is 3.79. The fraction of sp³-hybridized carbons (Fsp3) is 0.500. The van der Waals surface area contributed by atoms with E-state index < -0.39 is 0 Å². The van der Waals surface area contributed by atoms with E-state index >= 15 is 0 Å². The van der Waals surface area contributed by atoms with Gasteiger partial charge >= 0.3 is 0 Å². The van der Waals surface area contributed by atoms with Crippen LogP contribution in [0.1, 0.15) is 24.2 Å². The maximum atomic E-state index is 12.3. The molecular formula is C14H19NO2. The Morgan fingerprint density at radius 1 is 1.29 bits per heavy atom. The predicted molar refractivity (Wildman–Crippen MR) is 67.5 cm³/mol. The zero-order valence-electron chi connectivity index (χ0n) is 10.5. The Balaban J connectivity index is 2.12. The van der Waals surface area contributed by atoms with Gasteiger partial charge in [-0.2, -0.15) is 0 Å². The normalized spacial score (nSPS) is 19.0. The number of Topliss-reactive ketones (excluding diaryl/α,β-unsaturated/α-hetero) is 1. The third-order valence-corrected chi connectivity index (χ3v) is 3.34. The number of ether oxygens (including phenoxy) is 1. The van der Waals surface area contributed by atoms with Crippen LogP contribution in [-0.4, -0.2) is 36.9 Å². The van der Waals surface area contributed by atoms with Crippen LogP contribution in [0.2, 0.25) is 0 Å². The minimum Gasteiger partial charge on any atom is -0.492 e. The molecular weight excluding hydrogens is 214 g/mol. The van der Waals surface area contributed by atoms with Gasteiger partial charge in [0.05, 0.1) is 18.1 Å². The number of rotatable bonds is 4. The first-order valence-electron chi connectivity index (χ1n) is 6.24. The summed E-state index contributed by atoms with van der Waals surface area (Å²) in [5.41, 5.74) is 0.732. The number of nitrogens with zero attached hydrogens (tertiary/aromatic N) is 1. The van der Waals surface area contributed by atoms with Crippen molar-refractivity contribution in [3.05, 3.63) is 29.8 Å². The highest BCUT2D eigenvalue weighted by molar-refractivity contribution is 6.01. The number of hydrogen-bond donors (Lipinski definition) is 0. The van der Waals surface area contributed by atoms with E-state index in [1.54, 1.807) is 0 Å². The second-order valence-electron chi connectivity index (χ2n) is 4.35. The molecule has 0 amide bonds. The van der Waals surface area contributed by atoms with Gasteiger partial charge in [0.1, 0.15) is 5.75 Å². The quantitative estimate of drug-likeness (QED) is 0.798. The number of carbonyl (C=O) groups is 1. The standard InChI is InChI=1S/C14H19NO2/c1-3-15(4-2)9-11-10-17-13-8-6-5-7-12(13)14(11)16/h5-8,11H,3-4,9-10H2,1-2H3. The molecule has 1 aliphatic rings. The molecule has 1 aromatic rings. The molecule has 0 saturated heterocycles. The lowest BCUT2D eigenvalue weighted by atomic mass is 9.94. The van der Waals surface area contributed by atoms with E-state index in [-0.39, 0.29) is 11.7 Å². The van der Waals surface area contributed by atoms with E-state index in [4.69, 9.17) is 4.74 Å². The van der Waals surface area contributed by atoms with Gasteiger partial charge in [-0.05, 0) is 25.2 Å². The van der Waals surface area contributed by atoms with E-state index in [1.807, 2.05) is 24.3 Å². The van der Waals surface area contributed by atoms with E-state index in [2.05, 4.69) is 18.7 Å². The molecule has 1 aromatic carbocycles. The van der Waals surface area contributed by atoms with Crippen molar-refractivity contribution in [1.82, 2.24) is 4.90 Å². The fourth-order valence-electron chi connectivity index (χ4n) is 2.21.